The molecule has 0 radical (unpaired) electrons. The van der Waals surface area contributed by atoms with Crippen molar-refractivity contribution in [2.45, 2.75) is 39.0 Å². The highest BCUT2D eigenvalue weighted by Crippen LogP contribution is 2.29. The standard InChI is InChI=1S/C16H26N2O/c1-12-13(2)18(9-8-16(12)17-3)15-7-5-6-14(10-15)11-19-4/h5-7,10,12-13,16-17H,8-9,11H2,1-4H3. The minimum atomic E-state index is 0.559. The third-order valence-corrected chi connectivity index (χ3v) is 4.49. The van der Waals surface area contributed by atoms with Gasteiger partial charge in [0.25, 0.3) is 0 Å². The van der Waals surface area contributed by atoms with Gasteiger partial charge in [0.15, 0.2) is 0 Å². The van der Waals surface area contributed by atoms with Crippen LogP contribution >= 0.6 is 0 Å². The molecule has 1 aromatic carbocycles. The molecule has 1 aromatic rings. The van der Waals surface area contributed by atoms with Gasteiger partial charge < -0.3 is 15.0 Å². The number of hydrogen-bond acceptors (Lipinski definition) is 3. The molecule has 0 aromatic heterocycles. The predicted octanol–water partition coefficient (Wildman–Crippen LogP) is 2.66. The molecule has 1 aliphatic heterocycles. The molecule has 1 N–H and O–H groups in total. The summed E-state index contributed by atoms with van der Waals surface area (Å²) in [5, 5.41) is 3.44. The first kappa shape index (κ1) is 14.4. The quantitative estimate of drug-likeness (QED) is 0.903. The molecule has 3 nitrogen and oxygen atoms in total. The smallest absolute Gasteiger partial charge is 0.0713 e. The van der Waals surface area contributed by atoms with Gasteiger partial charge in [-0.15, -0.1) is 0 Å². The van der Waals surface area contributed by atoms with Crippen molar-refractivity contribution in [1.82, 2.24) is 5.32 Å². The number of anilines is 1. The van der Waals surface area contributed by atoms with Crippen LogP contribution in [0.4, 0.5) is 5.69 Å². The first-order chi connectivity index (χ1) is 9.17. The lowest BCUT2D eigenvalue weighted by atomic mass is 9.86. The maximum atomic E-state index is 5.22. The monoisotopic (exact) mass is 262 g/mol. The van der Waals surface area contributed by atoms with Crippen LogP contribution < -0.4 is 10.2 Å². The number of ether oxygens (including phenoxy) is 1. The van der Waals surface area contributed by atoms with Crippen LogP contribution in [0.1, 0.15) is 25.8 Å². The number of rotatable bonds is 4. The SMILES string of the molecule is CNC1CCN(c2cccc(COC)c2)C(C)C1C. The largest absolute Gasteiger partial charge is 0.380 e. The van der Waals surface area contributed by atoms with Crippen LogP contribution in [0.5, 0.6) is 0 Å². The van der Waals surface area contributed by atoms with E-state index in [0.717, 1.165) is 6.54 Å². The molecule has 0 bridgehead atoms. The van der Waals surface area contributed by atoms with Gasteiger partial charge in [-0.05, 0) is 44.0 Å². The van der Waals surface area contributed by atoms with Gasteiger partial charge in [0.1, 0.15) is 0 Å². The zero-order valence-electron chi connectivity index (χ0n) is 12.5. The number of hydrogen-bond donors (Lipinski definition) is 1. The summed E-state index contributed by atoms with van der Waals surface area (Å²) in [4.78, 5) is 2.53. The summed E-state index contributed by atoms with van der Waals surface area (Å²) in [7, 11) is 3.82. The molecule has 19 heavy (non-hydrogen) atoms. The van der Waals surface area contributed by atoms with E-state index in [1.54, 1.807) is 7.11 Å². The average molecular weight is 262 g/mol. The lowest BCUT2D eigenvalue weighted by Crippen LogP contribution is -2.52. The van der Waals surface area contributed by atoms with Gasteiger partial charge in [-0.3, -0.25) is 0 Å². The molecular formula is C16H26N2O. The summed E-state index contributed by atoms with van der Waals surface area (Å²) < 4.78 is 5.22. The van der Waals surface area contributed by atoms with Crippen molar-refractivity contribution in [2.75, 3.05) is 25.6 Å². The van der Waals surface area contributed by atoms with Crippen molar-refractivity contribution in [2.24, 2.45) is 5.92 Å². The van der Waals surface area contributed by atoms with Crippen LogP contribution in [0.2, 0.25) is 0 Å². The average Bonchev–Trinajstić information content (AvgIpc) is 2.42. The lowest BCUT2D eigenvalue weighted by Gasteiger charge is -2.44. The van der Waals surface area contributed by atoms with Crippen LogP contribution in [0.25, 0.3) is 0 Å². The van der Waals surface area contributed by atoms with Crippen molar-refractivity contribution in [3.63, 3.8) is 0 Å². The minimum absolute atomic E-state index is 0.559. The number of piperidine rings is 1. The highest BCUT2D eigenvalue weighted by atomic mass is 16.5. The molecule has 1 saturated heterocycles. The van der Waals surface area contributed by atoms with E-state index in [2.05, 4.69) is 55.4 Å². The van der Waals surface area contributed by atoms with E-state index in [9.17, 15) is 0 Å². The van der Waals surface area contributed by atoms with E-state index in [4.69, 9.17) is 4.74 Å². The molecule has 106 valence electrons. The van der Waals surface area contributed by atoms with Crippen LogP contribution in [0.3, 0.4) is 0 Å². The van der Waals surface area contributed by atoms with E-state index < -0.39 is 0 Å². The lowest BCUT2D eigenvalue weighted by molar-refractivity contribution is 0.185. The molecule has 1 fully saturated rings. The van der Waals surface area contributed by atoms with Crippen LogP contribution in [-0.4, -0.2) is 32.8 Å². The molecule has 1 heterocycles. The van der Waals surface area contributed by atoms with Crippen LogP contribution in [0.15, 0.2) is 24.3 Å². The fraction of sp³-hybridized carbons (Fsp3) is 0.625. The first-order valence-electron chi connectivity index (χ1n) is 7.19. The summed E-state index contributed by atoms with van der Waals surface area (Å²) in [5.41, 5.74) is 2.57. The van der Waals surface area contributed by atoms with E-state index in [1.165, 1.54) is 17.7 Å². The number of nitrogens with one attached hydrogen (secondary N) is 1. The molecule has 1 aliphatic rings. The Hall–Kier alpha value is -1.06. The van der Waals surface area contributed by atoms with E-state index in [1.807, 2.05) is 0 Å². The maximum Gasteiger partial charge on any atom is 0.0713 e. The molecule has 3 atom stereocenters. The molecule has 3 unspecified atom stereocenters. The Balaban J connectivity index is 2.15. The Morgan fingerprint density at radius 1 is 1.37 bits per heavy atom. The summed E-state index contributed by atoms with van der Waals surface area (Å²) in [6.45, 7) is 6.48. The first-order valence-corrected chi connectivity index (χ1v) is 7.19. The van der Waals surface area contributed by atoms with Gasteiger partial charge in [-0.25, -0.2) is 0 Å². The third-order valence-electron chi connectivity index (χ3n) is 4.49. The highest BCUT2D eigenvalue weighted by molar-refractivity contribution is 5.50. The molecule has 0 amide bonds. The highest BCUT2D eigenvalue weighted by Gasteiger charge is 2.31. The fourth-order valence-electron chi connectivity index (χ4n) is 3.13. The fourth-order valence-corrected chi connectivity index (χ4v) is 3.13. The summed E-state index contributed by atoms with van der Waals surface area (Å²) in [5.74, 6) is 0.657. The second-order valence-corrected chi connectivity index (χ2v) is 5.58. The van der Waals surface area contributed by atoms with E-state index in [-0.39, 0.29) is 0 Å². The van der Waals surface area contributed by atoms with Gasteiger partial charge >= 0.3 is 0 Å². The Labute approximate surface area is 116 Å². The molecule has 0 saturated carbocycles. The van der Waals surface area contributed by atoms with Gasteiger partial charge in [-0.1, -0.05) is 19.1 Å². The molecule has 0 aliphatic carbocycles. The molecule has 0 spiro atoms. The summed E-state index contributed by atoms with van der Waals surface area (Å²) in [6, 6.07) is 9.92. The van der Waals surface area contributed by atoms with E-state index in [0.29, 0.717) is 24.6 Å². The topological polar surface area (TPSA) is 24.5 Å². The third kappa shape index (κ3) is 3.10. The van der Waals surface area contributed by atoms with Crippen molar-refractivity contribution in [1.29, 1.82) is 0 Å². The maximum absolute atomic E-state index is 5.22. The molecular weight excluding hydrogens is 236 g/mol. The van der Waals surface area contributed by atoms with Crippen molar-refractivity contribution >= 4 is 5.69 Å². The predicted molar refractivity (Wildman–Crippen MR) is 80.6 cm³/mol. The number of benzene rings is 1. The van der Waals surface area contributed by atoms with Gasteiger partial charge in [0, 0.05) is 31.4 Å². The van der Waals surface area contributed by atoms with Crippen molar-refractivity contribution in [3.8, 4) is 0 Å². The Bertz CT molecular complexity index is 407. The Kier molecular flexibility index (Phi) is 4.83. The van der Waals surface area contributed by atoms with Gasteiger partial charge in [0.2, 0.25) is 0 Å². The van der Waals surface area contributed by atoms with Crippen molar-refractivity contribution < 1.29 is 4.74 Å². The van der Waals surface area contributed by atoms with Crippen molar-refractivity contribution in [3.05, 3.63) is 29.8 Å². The van der Waals surface area contributed by atoms with Crippen LogP contribution in [-0.2, 0) is 11.3 Å². The zero-order chi connectivity index (χ0) is 13.8. The summed E-state index contributed by atoms with van der Waals surface area (Å²) in [6.07, 6.45) is 1.20. The Morgan fingerprint density at radius 3 is 2.84 bits per heavy atom. The minimum Gasteiger partial charge on any atom is -0.380 e. The Morgan fingerprint density at radius 2 is 2.16 bits per heavy atom. The molecule has 2 rings (SSSR count). The van der Waals surface area contributed by atoms with E-state index >= 15 is 0 Å². The zero-order valence-corrected chi connectivity index (χ0v) is 12.5. The normalized spacial score (nSPS) is 27.6. The number of methoxy groups -OCH3 is 1. The second-order valence-electron chi connectivity index (χ2n) is 5.58. The van der Waals surface area contributed by atoms with Crippen LogP contribution in [0, 0.1) is 5.92 Å². The second kappa shape index (κ2) is 6.40. The van der Waals surface area contributed by atoms with Gasteiger partial charge in [-0.2, -0.15) is 0 Å². The summed E-state index contributed by atoms with van der Waals surface area (Å²) >= 11 is 0. The molecule has 3 heteroatoms. The number of nitrogens with zero attached hydrogens (tertiary/aromatic N) is 1. The van der Waals surface area contributed by atoms with Gasteiger partial charge in [0.05, 0.1) is 6.61 Å².